The SMILES string of the molecule is Cn1c(-c2ccccc2)c(C(=O)CC(=O)c2ccc(Cl)cc2)c2ccccc21. The van der Waals surface area contributed by atoms with Crippen molar-refractivity contribution >= 4 is 34.1 Å². The first-order chi connectivity index (χ1) is 13.6. The summed E-state index contributed by atoms with van der Waals surface area (Å²) < 4.78 is 2.02. The van der Waals surface area contributed by atoms with Gasteiger partial charge in [-0.3, -0.25) is 9.59 Å². The smallest absolute Gasteiger partial charge is 0.173 e. The molecule has 0 saturated carbocycles. The highest BCUT2D eigenvalue weighted by molar-refractivity contribution is 6.30. The van der Waals surface area contributed by atoms with Crippen LogP contribution in [0.3, 0.4) is 0 Å². The number of fused-ring (bicyclic) bond motifs is 1. The van der Waals surface area contributed by atoms with Gasteiger partial charge >= 0.3 is 0 Å². The third-order valence-electron chi connectivity index (χ3n) is 4.92. The second-order valence-electron chi connectivity index (χ2n) is 6.70. The maximum Gasteiger partial charge on any atom is 0.173 e. The minimum atomic E-state index is -0.214. The largest absolute Gasteiger partial charge is 0.343 e. The molecule has 0 unspecified atom stereocenters. The first-order valence-electron chi connectivity index (χ1n) is 9.01. The lowest BCUT2D eigenvalue weighted by atomic mass is 9.97. The van der Waals surface area contributed by atoms with Crippen molar-refractivity contribution in [3.05, 3.63) is 95.0 Å². The van der Waals surface area contributed by atoms with E-state index in [0.29, 0.717) is 16.1 Å². The second kappa shape index (κ2) is 7.45. The molecule has 0 aliphatic carbocycles. The number of benzene rings is 3. The van der Waals surface area contributed by atoms with Gasteiger partial charge in [-0.1, -0.05) is 60.1 Å². The summed E-state index contributed by atoms with van der Waals surface area (Å²) in [5.41, 5.74) is 3.81. The Bertz CT molecular complexity index is 1170. The first kappa shape index (κ1) is 18.2. The van der Waals surface area contributed by atoms with Crippen LogP contribution < -0.4 is 0 Å². The Morgan fingerprint density at radius 1 is 0.821 bits per heavy atom. The zero-order chi connectivity index (χ0) is 19.7. The lowest BCUT2D eigenvalue weighted by molar-refractivity contribution is 0.0895. The van der Waals surface area contributed by atoms with Crippen molar-refractivity contribution in [2.75, 3.05) is 0 Å². The summed E-state index contributed by atoms with van der Waals surface area (Å²) in [6, 6.07) is 24.2. The summed E-state index contributed by atoms with van der Waals surface area (Å²) in [6.45, 7) is 0. The molecule has 0 bridgehead atoms. The predicted molar refractivity (Wildman–Crippen MR) is 113 cm³/mol. The molecule has 4 rings (SSSR count). The Morgan fingerprint density at radius 2 is 1.46 bits per heavy atom. The van der Waals surface area contributed by atoms with Crippen molar-refractivity contribution in [2.24, 2.45) is 7.05 Å². The Balaban J connectivity index is 1.80. The van der Waals surface area contributed by atoms with Crippen LogP contribution in [0.25, 0.3) is 22.2 Å². The summed E-state index contributed by atoms with van der Waals surface area (Å²) in [7, 11) is 1.95. The number of hydrogen-bond acceptors (Lipinski definition) is 2. The number of para-hydroxylation sites is 1. The number of nitrogens with zero attached hydrogens (tertiary/aromatic N) is 1. The first-order valence-corrected chi connectivity index (χ1v) is 9.39. The summed E-state index contributed by atoms with van der Waals surface area (Å²) in [5, 5.41) is 1.42. The van der Waals surface area contributed by atoms with Crippen molar-refractivity contribution in [3.8, 4) is 11.3 Å². The molecule has 0 spiro atoms. The normalized spacial score (nSPS) is 10.9. The van der Waals surface area contributed by atoms with Gasteiger partial charge in [-0.2, -0.15) is 0 Å². The topological polar surface area (TPSA) is 39.1 Å². The molecule has 0 aliphatic heterocycles. The maximum atomic E-state index is 13.3. The van der Waals surface area contributed by atoms with Gasteiger partial charge in [0.05, 0.1) is 17.7 Å². The van der Waals surface area contributed by atoms with Gasteiger partial charge in [0, 0.05) is 28.5 Å². The molecular weight excluding hydrogens is 370 g/mol. The van der Waals surface area contributed by atoms with Gasteiger partial charge in [-0.15, -0.1) is 0 Å². The molecule has 0 N–H and O–H groups in total. The summed E-state index contributed by atoms with van der Waals surface area (Å²) in [6.07, 6.45) is -0.185. The third-order valence-corrected chi connectivity index (χ3v) is 5.17. The molecule has 0 atom stereocenters. The Hall–Kier alpha value is -3.17. The number of aromatic nitrogens is 1. The van der Waals surface area contributed by atoms with E-state index in [2.05, 4.69) is 0 Å². The molecule has 28 heavy (non-hydrogen) atoms. The van der Waals surface area contributed by atoms with E-state index in [4.69, 9.17) is 11.6 Å². The zero-order valence-electron chi connectivity index (χ0n) is 15.4. The van der Waals surface area contributed by atoms with E-state index < -0.39 is 0 Å². The number of ketones is 2. The fourth-order valence-electron chi connectivity index (χ4n) is 3.58. The molecule has 0 amide bonds. The highest BCUT2D eigenvalue weighted by atomic mass is 35.5. The average molecular weight is 388 g/mol. The van der Waals surface area contributed by atoms with Gasteiger partial charge in [0.15, 0.2) is 11.6 Å². The molecule has 4 heteroatoms. The number of rotatable bonds is 5. The van der Waals surface area contributed by atoms with Crippen molar-refractivity contribution in [3.63, 3.8) is 0 Å². The van der Waals surface area contributed by atoms with E-state index in [9.17, 15) is 9.59 Å². The molecule has 0 fully saturated rings. The van der Waals surface area contributed by atoms with Crippen LogP contribution in [0.1, 0.15) is 27.1 Å². The quantitative estimate of drug-likeness (QED) is 0.313. The number of carbonyl (C=O) groups is 2. The fraction of sp³-hybridized carbons (Fsp3) is 0.0833. The van der Waals surface area contributed by atoms with Gasteiger partial charge in [-0.25, -0.2) is 0 Å². The van der Waals surface area contributed by atoms with Crippen LogP contribution in [0.5, 0.6) is 0 Å². The highest BCUT2D eigenvalue weighted by Gasteiger charge is 2.24. The molecule has 0 saturated heterocycles. The molecular formula is C24H18ClNO2. The lowest BCUT2D eigenvalue weighted by Gasteiger charge is -2.08. The van der Waals surface area contributed by atoms with Gasteiger partial charge in [0.1, 0.15) is 0 Å². The maximum absolute atomic E-state index is 13.3. The van der Waals surface area contributed by atoms with Crippen LogP contribution in [0.4, 0.5) is 0 Å². The number of Topliss-reactive ketones (excluding diaryl/α,β-unsaturated/α-hetero) is 2. The van der Waals surface area contributed by atoms with Crippen molar-refractivity contribution in [2.45, 2.75) is 6.42 Å². The molecule has 138 valence electrons. The van der Waals surface area contributed by atoms with Gasteiger partial charge in [0.2, 0.25) is 0 Å². The van der Waals surface area contributed by atoms with Crippen molar-refractivity contribution in [1.29, 1.82) is 0 Å². The lowest BCUT2D eigenvalue weighted by Crippen LogP contribution is -2.10. The minimum absolute atomic E-state index is 0.185. The van der Waals surface area contributed by atoms with Crippen LogP contribution >= 0.6 is 11.6 Å². The Labute approximate surface area is 168 Å². The molecule has 0 aliphatic rings. The standard InChI is InChI=1S/C24H18ClNO2/c1-26-20-10-6-5-9-19(20)23(24(26)17-7-3-2-4-8-17)22(28)15-21(27)16-11-13-18(25)14-12-16/h2-14H,15H2,1H3. The zero-order valence-corrected chi connectivity index (χ0v) is 16.1. The summed E-state index contributed by atoms with van der Waals surface area (Å²) in [5.74, 6) is -0.399. The van der Waals surface area contributed by atoms with Crippen LogP contribution in [-0.4, -0.2) is 16.1 Å². The van der Waals surface area contributed by atoms with Crippen LogP contribution in [-0.2, 0) is 7.05 Å². The molecule has 3 nitrogen and oxygen atoms in total. The number of aryl methyl sites for hydroxylation is 1. The second-order valence-corrected chi connectivity index (χ2v) is 7.13. The van der Waals surface area contributed by atoms with Gasteiger partial charge < -0.3 is 4.57 Å². The van der Waals surface area contributed by atoms with Crippen molar-refractivity contribution < 1.29 is 9.59 Å². The third kappa shape index (κ3) is 3.25. The summed E-state index contributed by atoms with van der Waals surface area (Å²) in [4.78, 5) is 25.9. The molecule has 1 aromatic heterocycles. The Morgan fingerprint density at radius 3 is 2.18 bits per heavy atom. The van der Waals surface area contributed by atoms with E-state index in [1.54, 1.807) is 24.3 Å². The number of halogens is 1. The van der Waals surface area contributed by atoms with E-state index in [1.165, 1.54) is 0 Å². The number of hydrogen-bond donors (Lipinski definition) is 0. The van der Waals surface area contributed by atoms with E-state index in [-0.39, 0.29) is 18.0 Å². The van der Waals surface area contributed by atoms with Gasteiger partial charge in [0.25, 0.3) is 0 Å². The molecule has 1 heterocycles. The fourth-order valence-corrected chi connectivity index (χ4v) is 3.71. The van der Waals surface area contributed by atoms with E-state index in [1.807, 2.05) is 66.2 Å². The van der Waals surface area contributed by atoms with Crippen LogP contribution in [0, 0.1) is 0 Å². The van der Waals surface area contributed by atoms with E-state index in [0.717, 1.165) is 22.2 Å². The highest BCUT2D eigenvalue weighted by Crippen LogP contribution is 2.34. The molecule has 0 radical (unpaired) electrons. The minimum Gasteiger partial charge on any atom is -0.343 e. The van der Waals surface area contributed by atoms with Crippen molar-refractivity contribution in [1.82, 2.24) is 4.57 Å². The van der Waals surface area contributed by atoms with Crippen LogP contribution in [0.15, 0.2) is 78.9 Å². The van der Waals surface area contributed by atoms with Crippen LogP contribution in [0.2, 0.25) is 5.02 Å². The monoisotopic (exact) mass is 387 g/mol. The predicted octanol–water partition coefficient (Wildman–Crippen LogP) is 5.95. The summed E-state index contributed by atoms with van der Waals surface area (Å²) >= 11 is 5.89. The Kier molecular flexibility index (Phi) is 4.84. The molecule has 4 aromatic rings. The van der Waals surface area contributed by atoms with E-state index >= 15 is 0 Å². The average Bonchev–Trinajstić information content (AvgIpc) is 3.02. The number of carbonyl (C=O) groups excluding carboxylic acids is 2. The van der Waals surface area contributed by atoms with Gasteiger partial charge in [-0.05, 0) is 35.9 Å². The molecule has 3 aromatic carbocycles.